The van der Waals surface area contributed by atoms with E-state index in [9.17, 15) is 0 Å². The molecule has 1 N–H and O–H groups in total. The molecular formula is C15H25N3. The number of hydrogen-bond acceptors (Lipinski definition) is 2. The number of imidazole rings is 1. The summed E-state index contributed by atoms with van der Waals surface area (Å²) in [5, 5.41) is 3.63. The third-order valence-corrected chi connectivity index (χ3v) is 4.77. The van der Waals surface area contributed by atoms with E-state index < -0.39 is 0 Å². The lowest BCUT2D eigenvalue weighted by Crippen LogP contribution is -2.23. The lowest BCUT2D eigenvalue weighted by Gasteiger charge is -2.25. The first-order chi connectivity index (χ1) is 8.75. The second kappa shape index (κ2) is 4.94. The van der Waals surface area contributed by atoms with Gasteiger partial charge >= 0.3 is 0 Å². The van der Waals surface area contributed by atoms with Crippen molar-refractivity contribution in [3.05, 3.63) is 12.4 Å². The van der Waals surface area contributed by atoms with Crippen molar-refractivity contribution in [1.82, 2.24) is 9.55 Å². The summed E-state index contributed by atoms with van der Waals surface area (Å²) >= 11 is 0. The van der Waals surface area contributed by atoms with Crippen LogP contribution in [-0.2, 0) is 6.54 Å². The number of rotatable bonds is 4. The van der Waals surface area contributed by atoms with Gasteiger partial charge in [-0.15, -0.1) is 0 Å². The van der Waals surface area contributed by atoms with Crippen LogP contribution in [0.1, 0.15) is 58.3 Å². The van der Waals surface area contributed by atoms with Crippen molar-refractivity contribution in [2.75, 3.05) is 5.32 Å². The van der Waals surface area contributed by atoms with E-state index >= 15 is 0 Å². The molecule has 1 heterocycles. The number of hydrogen-bond donors (Lipinski definition) is 1. The van der Waals surface area contributed by atoms with Gasteiger partial charge in [-0.2, -0.15) is 0 Å². The summed E-state index contributed by atoms with van der Waals surface area (Å²) in [6, 6.07) is 0.655. The molecule has 2 fully saturated rings. The third kappa shape index (κ3) is 2.55. The molecule has 2 saturated carbocycles. The Morgan fingerprint density at radius 3 is 2.72 bits per heavy atom. The van der Waals surface area contributed by atoms with Gasteiger partial charge in [0.2, 0.25) is 5.95 Å². The Morgan fingerprint density at radius 2 is 2.00 bits per heavy atom. The van der Waals surface area contributed by atoms with Gasteiger partial charge in [0.15, 0.2) is 0 Å². The molecule has 0 bridgehead atoms. The van der Waals surface area contributed by atoms with E-state index in [1.54, 1.807) is 0 Å². The molecule has 0 aliphatic heterocycles. The predicted molar refractivity (Wildman–Crippen MR) is 74.7 cm³/mol. The molecule has 2 aliphatic carbocycles. The molecular weight excluding hydrogens is 222 g/mol. The van der Waals surface area contributed by atoms with Crippen molar-refractivity contribution in [3.8, 4) is 0 Å². The zero-order valence-electron chi connectivity index (χ0n) is 11.5. The molecule has 0 atom stereocenters. The smallest absolute Gasteiger partial charge is 0.203 e. The number of aromatic nitrogens is 2. The van der Waals surface area contributed by atoms with E-state index in [0.29, 0.717) is 11.5 Å². The van der Waals surface area contributed by atoms with Gasteiger partial charge in [-0.3, -0.25) is 0 Å². The highest BCUT2D eigenvalue weighted by atomic mass is 15.2. The van der Waals surface area contributed by atoms with Crippen LogP contribution < -0.4 is 5.32 Å². The normalized spacial score (nSPS) is 23.6. The summed E-state index contributed by atoms with van der Waals surface area (Å²) < 4.78 is 2.34. The van der Waals surface area contributed by atoms with Gasteiger partial charge in [0.05, 0.1) is 0 Å². The predicted octanol–water partition coefficient (Wildman–Crippen LogP) is 3.82. The second-order valence-corrected chi connectivity index (χ2v) is 6.52. The van der Waals surface area contributed by atoms with Crippen LogP contribution in [0.3, 0.4) is 0 Å². The maximum absolute atomic E-state index is 4.50. The average Bonchev–Trinajstić information content (AvgIpc) is 3.04. The largest absolute Gasteiger partial charge is 0.353 e. The summed E-state index contributed by atoms with van der Waals surface area (Å²) in [7, 11) is 0. The molecule has 0 amide bonds. The minimum Gasteiger partial charge on any atom is -0.353 e. The number of nitrogens with one attached hydrogen (secondary N) is 1. The molecule has 3 rings (SSSR count). The van der Waals surface area contributed by atoms with E-state index in [4.69, 9.17) is 0 Å². The fraction of sp³-hybridized carbons (Fsp3) is 0.800. The monoisotopic (exact) mass is 247 g/mol. The first-order valence-electron chi connectivity index (χ1n) is 7.53. The quantitative estimate of drug-likeness (QED) is 0.876. The number of nitrogens with zero attached hydrogens (tertiary/aromatic N) is 2. The first-order valence-corrected chi connectivity index (χ1v) is 7.53. The average molecular weight is 247 g/mol. The minimum absolute atomic E-state index is 0.493. The first kappa shape index (κ1) is 12.1. The summed E-state index contributed by atoms with van der Waals surface area (Å²) in [4.78, 5) is 4.50. The topological polar surface area (TPSA) is 29.9 Å². The molecule has 1 aromatic heterocycles. The third-order valence-electron chi connectivity index (χ3n) is 4.77. The lowest BCUT2D eigenvalue weighted by molar-refractivity contribution is 0.283. The molecule has 3 heteroatoms. The molecule has 0 saturated heterocycles. The summed E-state index contributed by atoms with van der Waals surface area (Å²) in [6.07, 6.45) is 15.0. The molecule has 0 radical (unpaired) electrons. The zero-order chi connectivity index (χ0) is 12.4. The van der Waals surface area contributed by atoms with E-state index in [0.717, 1.165) is 12.5 Å². The van der Waals surface area contributed by atoms with E-state index in [2.05, 4.69) is 28.0 Å². The van der Waals surface area contributed by atoms with Crippen LogP contribution in [0.5, 0.6) is 0 Å². The highest BCUT2D eigenvalue weighted by Crippen LogP contribution is 2.39. The Hall–Kier alpha value is -0.990. The van der Waals surface area contributed by atoms with Crippen molar-refractivity contribution in [3.63, 3.8) is 0 Å². The van der Waals surface area contributed by atoms with Gasteiger partial charge in [0.1, 0.15) is 0 Å². The fourth-order valence-corrected chi connectivity index (χ4v) is 3.63. The maximum atomic E-state index is 4.50. The van der Waals surface area contributed by atoms with Crippen LogP contribution >= 0.6 is 0 Å². The Bertz CT molecular complexity index is 384. The zero-order valence-corrected chi connectivity index (χ0v) is 11.5. The van der Waals surface area contributed by atoms with Crippen LogP contribution in [0.25, 0.3) is 0 Å². The molecule has 2 aliphatic rings. The van der Waals surface area contributed by atoms with Gasteiger partial charge in [0.25, 0.3) is 0 Å². The Morgan fingerprint density at radius 1 is 1.28 bits per heavy atom. The van der Waals surface area contributed by atoms with Crippen LogP contribution in [0, 0.1) is 5.41 Å². The molecule has 0 unspecified atom stereocenters. The summed E-state index contributed by atoms with van der Waals surface area (Å²) in [5.74, 6) is 1.09. The lowest BCUT2D eigenvalue weighted by atomic mass is 9.89. The van der Waals surface area contributed by atoms with Crippen LogP contribution in [-0.4, -0.2) is 15.6 Å². The van der Waals surface area contributed by atoms with E-state index in [1.165, 1.54) is 51.4 Å². The van der Waals surface area contributed by atoms with Crippen LogP contribution in [0.4, 0.5) is 5.95 Å². The molecule has 3 nitrogen and oxygen atoms in total. The van der Waals surface area contributed by atoms with Crippen molar-refractivity contribution >= 4 is 5.95 Å². The Labute approximate surface area is 110 Å². The molecule has 0 aromatic carbocycles. The van der Waals surface area contributed by atoms with Gasteiger partial charge in [0, 0.05) is 25.0 Å². The molecule has 1 aromatic rings. The van der Waals surface area contributed by atoms with Crippen molar-refractivity contribution in [1.29, 1.82) is 0 Å². The SMILES string of the molecule is CC1(Cn2ccnc2NC2CCCC2)CCCC1. The van der Waals surface area contributed by atoms with Crippen LogP contribution in [0.15, 0.2) is 12.4 Å². The second-order valence-electron chi connectivity index (χ2n) is 6.52. The Kier molecular flexibility index (Phi) is 3.31. The highest BCUT2D eigenvalue weighted by molar-refractivity contribution is 5.28. The van der Waals surface area contributed by atoms with Crippen molar-refractivity contribution < 1.29 is 0 Å². The standard InChI is InChI=1S/C15H25N3/c1-15(8-4-5-9-15)12-18-11-10-16-14(18)17-13-6-2-3-7-13/h10-11,13H,2-9,12H2,1H3,(H,16,17). The number of anilines is 1. The molecule has 100 valence electrons. The van der Waals surface area contributed by atoms with Crippen molar-refractivity contribution in [2.24, 2.45) is 5.41 Å². The van der Waals surface area contributed by atoms with E-state index in [-0.39, 0.29) is 0 Å². The highest BCUT2D eigenvalue weighted by Gasteiger charge is 2.29. The van der Waals surface area contributed by atoms with Gasteiger partial charge < -0.3 is 9.88 Å². The molecule has 0 spiro atoms. The summed E-state index contributed by atoms with van der Waals surface area (Å²) in [5.41, 5.74) is 0.493. The minimum atomic E-state index is 0.493. The van der Waals surface area contributed by atoms with E-state index in [1.807, 2.05) is 6.20 Å². The molecule has 18 heavy (non-hydrogen) atoms. The Balaban J connectivity index is 1.66. The van der Waals surface area contributed by atoms with Crippen LogP contribution in [0.2, 0.25) is 0 Å². The van der Waals surface area contributed by atoms with Gasteiger partial charge in [-0.25, -0.2) is 4.98 Å². The fourth-order valence-electron chi connectivity index (χ4n) is 3.63. The van der Waals surface area contributed by atoms with Gasteiger partial charge in [-0.05, 0) is 31.1 Å². The maximum Gasteiger partial charge on any atom is 0.203 e. The van der Waals surface area contributed by atoms with Crippen molar-refractivity contribution in [2.45, 2.75) is 70.9 Å². The van der Waals surface area contributed by atoms with Gasteiger partial charge in [-0.1, -0.05) is 32.6 Å². The summed E-state index contributed by atoms with van der Waals surface area (Å²) in [6.45, 7) is 3.56.